The zero-order valence-corrected chi connectivity index (χ0v) is 15.8. The van der Waals surface area contributed by atoms with Gasteiger partial charge in [-0.05, 0) is 38.5 Å². The van der Waals surface area contributed by atoms with Crippen LogP contribution in [0.2, 0.25) is 0 Å². The highest BCUT2D eigenvalue weighted by molar-refractivity contribution is 7.89. The Morgan fingerprint density at radius 1 is 1.38 bits per heavy atom. The second kappa shape index (κ2) is 7.56. The number of hydrogen-bond donors (Lipinski definition) is 2. The standard InChI is InChI=1S/C15H22N4O3S2/c1-10(2)16-9-24(21,22)19(4)8-14(20)18-15-17-12-6-5-11(3)7-13(12)23-15/h5-7,10,16H,8-9H2,1-4H3,(H,17,18,20). The van der Waals surface area contributed by atoms with Crippen LogP contribution < -0.4 is 10.6 Å². The van der Waals surface area contributed by atoms with E-state index in [1.807, 2.05) is 39.0 Å². The number of carbonyl (C=O) groups is 1. The van der Waals surface area contributed by atoms with Gasteiger partial charge >= 0.3 is 0 Å². The number of anilines is 1. The highest BCUT2D eigenvalue weighted by Crippen LogP contribution is 2.26. The predicted molar refractivity (Wildman–Crippen MR) is 97.7 cm³/mol. The van der Waals surface area contributed by atoms with Gasteiger partial charge in [0, 0.05) is 13.1 Å². The predicted octanol–water partition coefficient (Wildman–Crippen LogP) is 1.76. The number of benzene rings is 1. The van der Waals surface area contributed by atoms with Crippen molar-refractivity contribution in [2.24, 2.45) is 0 Å². The maximum Gasteiger partial charge on any atom is 0.241 e. The highest BCUT2D eigenvalue weighted by atomic mass is 32.2. The summed E-state index contributed by atoms with van der Waals surface area (Å²) in [4.78, 5) is 16.4. The van der Waals surface area contributed by atoms with Gasteiger partial charge in [0.25, 0.3) is 0 Å². The third-order valence-corrected chi connectivity index (χ3v) is 5.85. The maximum absolute atomic E-state index is 12.1. The summed E-state index contributed by atoms with van der Waals surface area (Å²) in [6.07, 6.45) is 0. The van der Waals surface area contributed by atoms with Crippen molar-refractivity contribution in [3.05, 3.63) is 23.8 Å². The van der Waals surface area contributed by atoms with Crippen LogP contribution in [0, 0.1) is 6.92 Å². The van der Waals surface area contributed by atoms with E-state index < -0.39 is 15.9 Å². The fraction of sp³-hybridized carbons (Fsp3) is 0.467. The normalized spacial score (nSPS) is 12.2. The minimum absolute atomic E-state index is 0.0493. The fourth-order valence-electron chi connectivity index (χ4n) is 1.93. The van der Waals surface area contributed by atoms with Crippen molar-refractivity contribution < 1.29 is 13.2 Å². The van der Waals surface area contributed by atoms with Crippen LogP contribution >= 0.6 is 11.3 Å². The Bertz CT molecular complexity index is 830. The van der Waals surface area contributed by atoms with Gasteiger partial charge in [-0.25, -0.2) is 13.4 Å². The van der Waals surface area contributed by atoms with E-state index in [4.69, 9.17) is 0 Å². The minimum Gasteiger partial charge on any atom is -0.301 e. The van der Waals surface area contributed by atoms with Crippen molar-refractivity contribution in [3.8, 4) is 0 Å². The van der Waals surface area contributed by atoms with Crippen molar-refractivity contribution in [2.45, 2.75) is 26.8 Å². The third kappa shape index (κ3) is 4.97. The zero-order chi connectivity index (χ0) is 17.9. The monoisotopic (exact) mass is 370 g/mol. The minimum atomic E-state index is -3.53. The summed E-state index contributed by atoms with van der Waals surface area (Å²) >= 11 is 1.37. The second-order valence-electron chi connectivity index (χ2n) is 5.91. The van der Waals surface area contributed by atoms with Crippen molar-refractivity contribution in [1.82, 2.24) is 14.6 Å². The third-order valence-electron chi connectivity index (χ3n) is 3.31. The summed E-state index contributed by atoms with van der Waals surface area (Å²) in [5.41, 5.74) is 1.93. The summed E-state index contributed by atoms with van der Waals surface area (Å²) in [5.74, 6) is -0.615. The molecule has 1 heterocycles. The molecule has 7 nitrogen and oxygen atoms in total. The Hall–Kier alpha value is -1.55. The lowest BCUT2D eigenvalue weighted by Gasteiger charge is -2.17. The van der Waals surface area contributed by atoms with E-state index in [2.05, 4.69) is 15.6 Å². The van der Waals surface area contributed by atoms with Crippen LogP contribution in [0.3, 0.4) is 0 Å². The van der Waals surface area contributed by atoms with Crippen LogP contribution in [0.1, 0.15) is 19.4 Å². The van der Waals surface area contributed by atoms with Crippen LogP contribution in [-0.4, -0.2) is 49.1 Å². The molecule has 0 bridgehead atoms. The molecule has 0 fully saturated rings. The first-order valence-electron chi connectivity index (χ1n) is 7.52. The summed E-state index contributed by atoms with van der Waals surface area (Å²) < 4.78 is 26.2. The number of fused-ring (bicyclic) bond motifs is 1. The number of aromatic nitrogens is 1. The maximum atomic E-state index is 12.1. The number of aryl methyl sites for hydroxylation is 1. The molecule has 9 heteroatoms. The first kappa shape index (κ1) is 18.8. The van der Waals surface area contributed by atoms with Crippen molar-refractivity contribution in [1.29, 1.82) is 0 Å². The molecular formula is C15H22N4O3S2. The van der Waals surface area contributed by atoms with Gasteiger partial charge < -0.3 is 10.6 Å². The number of sulfonamides is 1. The Balaban J connectivity index is 1.98. The van der Waals surface area contributed by atoms with E-state index >= 15 is 0 Å². The van der Waals surface area contributed by atoms with Crippen LogP contribution in [0.4, 0.5) is 5.13 Å². The summed E-state index contributed by atoms with van der Waals surface area (Å²) in [6, 6.07) is 5.89. The molecule has 0 unspecified atom stereocenters. The van der Waals surface area contributed by atoms with Gasteiger partial charge in [-0.3, -0.25) is 4.79 Å². The second-order valence-corrected chi connectivity index (χ2v) is 9.02. The number of thiazole rings is 1. The van der Waals surface area contributed by atoms with E-state index in [0.29, 0.717) is 5.13 Å². The Morgan fingerprint density at radius 3 is 2.75 bits per heavy atom. The average molecular weight is 371 g/mol. The van der Waals surface area contributed by atoms with Crippen molar-refractivity contribution >= 4 is 42.6 Å². The lowest BCUT2D eigenvalue weighted by Crippen LogP contribution is -2.41. The van der Waals surface area contributed by atoms with Crippen LogP contribution in [-0.2, 0) is 14.8 Å². The molecule has 0 aliphatic carbocycles. The molecule has 0 saturated carbocycles. The number of rotatable bonds is 7. The van der Waals surface area contributed by atoms with Gasteiger partial charge in [-0.2, -0.15) is 4.31 Å². The molecule has 1 aromatic heterocycles. The molecule has 1 amide bonds. The molecule has 24 heavy (non-hydrogen) atoms. The Labute approximate surface area is 146 Å². The smallest absolute Gasteiger partial charge is 0.241 e. The van der Waals surface area contributed by atoms with E-state index in [1.54, 1.807) is 0 Å². The molecule has 0 atom stereocenters. The van der Waals surface area contributed by atoms with Crippen LogP contribution in [0.15, 0.2) is 18.2 Å². The molecule has 0 saturated heterocycles. The molecule has 2 N–H and O–H groups in total. The molecule has 0 radical (unpaired) electrons. The molecule has 2 aromatic rings. The van der Waals surface area contributed by atoms with Crippen LogP contribution in [0.5, 0.6) is 0 Å². The summed E-state index contributed by atoms with van der Waals surface area (Å²) in [5, 5.41) is 5.97. The largest absolute Gasteiger partial charge is 0.301 e. The number of nitrogens with zero attached hydrogens (tertiary/aromatic N) is 2. The fourth-order valence-corrected chi connectivity index (χ4v) is 3.99. The SMILES string of the molecule is Cc1ccc2nc(NC(=O)CN(C)S(=O)(=O)CNC(C)C)sc2c1. The average Bonchev–Trinajstić information content (AvgIpc) is 2.86. The Morgan fingerprint density at radius 2 is 2.08 bits per heavy atom. The quantitative estimate of drug-likeness (QED) is 0.775. The lowest BCUT2D eigenvalue weighted by molar-refractivity contribution is -0.116. The topological polar surface area (TPSA) is 91.4 Å². The first-order valence-corrected chi connectivity index (χ1v) is 9.94. The number of hydrogen-bond acceptors (Lipinski definition) is 6. The zero-order valence-electron chi connectivity index (χ0n) is 14.2. The van der Waals surface area contributed by atoms with Gasteiger partial charge in [0.1, 0.15) is 5.88 Å². The van der Waals surface area contributed by atoms with Crippen LogP contribution in [0.25, 0.3) is 10.2 Å². The first-order chi connectivity index (χ1) is 11.2. The highest BCUT2D eigenvalue weighted by Gasteiger charge is 2.21. The van der Waals surface area contributed by atoms with Crippen molar-refractivity contribution in [2.75, 3.05) is 24.8 Å². The van der Waals surface area contributed by atoms with Gasteiger partial charge in [-0.15, -0.1) is 0 Å². The molecule has 2 rings (SSSR count). The summed E-state index contributed by atoms with van der Waals surface area (Å²) in [6.45, 7) is 5.45. The van der Waals surface area contributed by atoms with E-state index in [-0.39, 0.29) is 18.5 Å². The molecule has 1 aromatic carbocycles. The molecule has 0 aliphatic rings. The van der Waals surface area contributed by atoms with Gasteiger partial charge in [0.05, 0.1) is 16.8 Å². The molecule has 132 valence electrons. The molecule has 0 spiro atoms. The van der Waals surface area contributed by atoms with E-state index in [0.717, 1.165) is 20.1 Å². The van der Waals surface area contributed by atoms with Crippen molar-refractivity contribution in [3.63, 3.8) is 0 Å². The summed E-state index contributed by atoms with van der Waals surface area (Å²) in [7, 11) is -2.14. The lowest BCUT2D eigenvalue weighted by atomic mass is 10.2. The van der Waals surface area contributed by atoms with E-state index in [9.17, 15) is 13.2 Å². The number of amides is 1. The molecular weight excluding hydrogens is 348 g/mol. The van der Waals surface area contributed by atoms with Gasteiger partial charge in [0.2, 0.25) is 15.9 Å². The molecule has 0 aliphatic heterocycles. The number of carbonyl (C=O) groups excluding carboxylic acids is 1. The van der Waals surface area contributed by atoms with E-state index in [1.165, 1.54) is 18.4 Å². The number of likely N-dealkylation sites (N-methyl/N-ethyl adjacent to an activating group) is 1. The van der Waals surface area contributed by atoms with Gasteiger partial charge in [0.15, 0.2) is 5.13 Å². The Kier molecular flexibility index (Phi) is 5.92. The number of nitrogens with one attached hydrogen (secondary N) is 2. The van der Waals surface area contributed by atoms with Gasteiger partial charge in [-0.1, -0.05) is 17.4 Å².